The van der Waals surface area contributed by atoms with Gasteiger partial charge < -0.3 is 10.2 Å². The summed E-state index contributed by atoms with van der Waals surface area (Å²) in [4.78, 5) is 29.2. The minimum atomic E-state index is -0.230. The number of pyridine rings is 1. The summed E-state index contributed by atoms with van der Waals surface area (Å²) in [5, 5.41) is 3.37. The number of halogens is 1. The molecule has 3 rings (SSSR count). The standard InChI is InChI=1S/C16H19ClN6O/c1-12(16(24)21-14-3-2-13(17)10-20-14)22-6-8-23(9-7-22)15-11-18-4-5-19-15/h2-5,10-12H,6-9H2,1H3,(H,20,21,24)/t12-/m1/s1. The molecular formula is C16H19ClN6O. The third-order valence-electron chi connectivity index (χ3n) is 4.09. The number of anilines is 2. The minimum Gasteiger partial charge on any atom is -0.353 e. The number of hydrogen-bond donors (Lipinski definition) is 1. The number of carbonyl (C=O) groups excluding carboxylic acids is 1. The van der Waals surface area contributed by atoms with Crippen molar-refractivity contribution >= 4 is 29.1 Å². The first-order valence-electron chi connectivity index (χ1n) is 7.81. The topological polar surface area (TPSA) is 74.2 Å². The molecule has 2 aromatic rings. The maximum absolute atomic E-state index is 12.4. The Morgan fingerprint density at radius 1 is 1.17 bits per heavy atom. The molecule has 3 heterocycles. The minimum absolute atomic E-state index is 0.0715. The predicted molar refractivity (Wildman–Crippen MR) is 93.2 cm³/mol. The van der Waals surface area contributed by atoms with Crippen LogP contribution in [0.5, 0.6) is 0 Å². The highest BCUT2D eigenvalue weighted by Gasteiger charge is 2.26. The largest absolute Gasteiger partial charge is 0.353 e. The number of hydrogen-bond acceptors (Lipinski definition) is 6. The predicted octanol–water partition coefficient (Wildman–Crippen LogP) is 1.67. The number of carbonyl (C=O) groups is 1. The van der Waals surface area contributed by atoms with Gasteiger partial charge in [-0.15, -0.1) is 0 Å². The SMILES string of the molecule is C[C@H](C(=O)Nc1ccc(Cl)cn1)N1CCN(c2cnccn2)CC1. The first-order valence-corrected chi connectivity index (χ1v) is 8.19. The molecule has 7 nitrogen and oxygen atoms in total. The Balaban J connectivity index is 1.53. The number of rotatable bonds is 4. The summed E-state index contributed by atoms with van der Waals surface area (Å²) in [5.74, 6) is 1.31. The van der Waals surface area contributed by atoms with Crippen LogP contribution in [0.25, 0.3) is 0 Å². The molecular weight excluding hydrogens is 328 g/mol. The lowest BCUT2D eigenvalue weighted by Gasteiger charge is -2.37. The van der Waals surface area contributed by atoms with Crippen molar-refractivity contribution in [3.8, 4) is 0 Å². The third-order valence-corrected chi connectivity index (χ3v) is 4.32. The summed E-state index contributed by atoms with van der Waals surface area (Å²) in [6.45, 7) is 5.12. The molecule has 24 heavy (non-hydrogen) atoms. The van der Waals surface area contributed by atoms with Crippen molar-refractivity contribution in [2.24, 2.45) is 0 Å². The normalized spacial score (nSPS) is 16.7. The number of piperazine rings is 1. The van der Waals surface area contributed by atoms with Crippen molar-refractivity contribution in [3.63, 3.8) is 0 Å². The summed E-state index contributed by atoms with van der Waals surface area (Å²) < 4.78 is 0. The summed E-state index contributed by atoms with van der Waals surface area (Å²) >= 11 is 5.80. The van der Waals surface area contributed by atoms with Gasteiger partial charge in [0.05, 0.1) is 17.3 Å². The second-order valence-electron chi connectivity index (χ2n) is 5.61. The van der Waals surface area contributed by atoms with Crippen molar-refractivity contribution in [1.82, 2.24) is 19.9 Å². The molecule has 1 N–H and O–H groups in total. The van der Waals surface area contributed by atoms with E-state index in [9.17, 15) is 4.79 Å². The van der Waals surface area contributed by atoms with Crippen LogP contribution in [0.3, 0.4) is 0 Å². The van der Waals surface area contributed by atoms with E-state index in [0.717, 1.165) is 32.0 Å². The van der Waals surface area contributed by atoms with Crippen LogP contribution in [-0.2, 0) is 4.79 Å². The van der Waals surface area contributed by atoms with Crippen molar-refractivity contribution in [1.29, 1.82) is 0 Å². The molecule has 0 bridgehead atoms. The Kier molecular flexibility index (Phi) is 5.22. The fraction of sp³-hybridized carbons (Fsp3) is 0.375. The fourth-order valence-electron chi connectivity index (χ4n) is 2.64. The van der Waals surface area contributed by atoms with Crippen LogP contribution in [0.1, 0.15) is 6.92 Å². The molecule has 0 unspecified atom stereocenters. The smallest absolute Gasteiger partial charge is 0.242 e. The first-order chi connectivity index (χ1) is 11.6. The van der Waals surface area contributed by atoms with E-state index in [0.29, 0.717) is 10.8 Å². The van der Waals surface area contributed by atoms with Gasteiger partial charge in [-0.3, -0.25) is 14.7 Å². The van der Waals surface area contributed by atoms with E-state index < -0.39 is 0 Å². The second-order valence-corrected chi connectivity index (χ2v) is 6.05. The molecule has 0 spiro atoms. The van der Waals surface area contributed by atoms with Crippen molar-refractivity contribution in [2.45, 2.75) is 13.0 Å². The highest BCUT2D eigenvalue weighted by Crippen LogP contribution is 2.15. The van der Waals surface area contributed by atoms with Crippen LogP contribution in [-0.4, -0.2) is 58.0 Å². The van der Waals surface area contributed by atoms with Crippen molar-refractivity contribution < 1.29 is 4.79 Å². The van der Waals surface area contributed by atoms with Gasteiger partial charge in [0.1, 0.15) is 11.6 Å². The summed E-state index contributed by atoms with van der Waals surface area (Å²) in [5.41, 5.74) is 0. The zero-order valence-electron chi connectivity index (χ0n) is 13.4. The van der Waals surface area contributed by atoms with E-state index in [1.165, 1.54) is 6.20 Å². The van der Waals surface area contributed by atoms with E-state index in [2.05, 4.69) is 30.1 Å². The average molecular weight is 347 g/mol. The van der Waals surface area contributed by atoms with E-state index in [4.69, 9.17) is 11.6 Å². The average Bonchev–Trinajstić information content (AvgIpc) is 2.64. The molecule has 1 saturated heterocycles. The third kappa shape index (κ3) is 3.98. The Labute approximate surface area is 145 Å². The van der Waals surface area contributed by atoms with Gasteiger partial charge in [0, 0.05) is 44.8 Å². The quantitative estimate of drug-likeness (QED) is 0.907. The van der Waals surface area contributed by atoms with Crippen molar-refractivity contribution in [3.05, 3.63) is 41.9 Å². The molecule has 8 heteroatoms. The van der Waals surface area contributed by atoms with Gasteiger partial charge in [0.15, 0.2) is 0 Å². The Bertz CT molecular complexity index is 673. The number of nitrogens with zero attached hydrogens (tertiary/aromatic N) is 5. The van der Waals surface area contributed by atoms with Gasteiger partial charge in [0.25, 0.3) is 0 Å². The molecule has 0 aliphatic carbocycles. The molecule has 1 atom stereocenters. The zero-order chi connectivity index (χ0) is 16.9. The fourth-order valence-corrected chi connectivity index (χ4v) is 2.75. The van der Waals surface area contributed by atoms with Crippen LogP contribution in [0, 0.1) is 0 Å². The Morgan fingerprint density at radius 2 is 1.96 bits per heavy atom. The van der Waals surface area contributed by atoms with Crippen molar-refractivity contribution in [2.75, 3.05) is 36.4 Å². The van der Waals surface area contributed by atoms with Gasteiger partial charge in [-0.05, 0) is 19.1 Å². The highest BCUT2D eigenvalue weighted by atomic mass is 35.5. The van der Waals surface area contributed by atoms with Gasteiger partial charge in [0.2, 0.25) is 5.91 Å². The summed E-state index contributed by atoms with van der Waals surface area (Å²) in [6.07, 6.45) is 6.63. The summed E-state index contributed by atoms with van der Waals surface area (Å²) in [7, 11) is 0. The van der Waals surface area contributed by atoms with Crippen LogP contribution in [0.15, 0.2) is 36.9 Å². The van der Waals surface area contributed by atoms with Crippen LogP contribution >= 0.6 is 11.6 Å². The zero-order valence-corrected chi connectivity index (χ0v) is 14.1. The lowest BCUT2D eigenvalue weighted by Crippen LogP contribution is -2.53. The number of nitrogens with one attached hydrogen (secondary N) is 1. The van der Waals surface area contributed by atoms with E-state index in [1.807, 2.05) is 6.92 Å². The maximum Gasteiger partial charge on any atom is 0.242 e. The van der Waals surface area contributed by atoms with Gasteiger partial charge in [-0.25, -0.2) is 9.97 Å². The molecule has 1 fully saturated rings. The van der Waals surface area contributed by atoms with E-state index in [1.54, 1.807) is 30.7 Å². The molecule has 1 aliphatic heterocycles. The number of amides is 1. The molecule has 1 aliphatic rings. The highest BCUT2D eigenvalue weighted by molar-refractivity contribution is 6.30. The Hall–Kier alpha value is -2.25. The van der Waals surface area contributed by atoms with E-state index in [-0.39, 0.29) is 11.9 Å². The molecule has 0 aromatic carbocycles. The molecule has 1 amide bonds. The number of aromatic nitrogens is 3. The molecule has 0 radical (unpaired) electrons. The van der Waals surface area contributed by atoms with Gasteiger partial charge in [-0.2, -0.15) is 0 Å². The maximum atomic E-state index is 12.4. The van der Waals surface area contributed by atoms with Gasteiger partial charge in [-0.1, -0.05) is 11.6 Å². The van der Waals surface area contributed by atoms with Crippen LogP contribution in [0.4, 0.5) is 11.6 Å². The molecule has 0 saturated carbocycles. The summed E-state index contributed by atoms with van der Waals surface area (Å²) in [6, 6.07) is 3.17. The molecule has 126 valence electrons. The van der Waals surface area contributed by atoms with Crippen LogP contribution in [0.2, 0.25) is 5.02 Å². The lowest BCUT2D eigenvalue weighted by molar-refractivity contribution is -0.120. The lowest BCUT2D eigenvalue weighted by atomic mass is 10.2. The van der Waals surface area contributed by atoms with Crippen LogP contribution < -0.4 is 10.2 Å². The first kappa shape index (κ1) is 16.6. The monoisotopic (exact) mass is 346 g/mol. The molecule has 2 aromatic heterocycles. The second kappa shape index (κ2) is 7.55. The van der Waals surface area contributed by atoms with Gasteiger partial charge >= 0.3 is 0 Å². The Morgan fingerprint density at radius 3 is 2.58 bits per heavy atom. The van der Waals surface area contributed by atoms with E-state index >= 15 is 0 Å².